The molecule has 1 N–H and O–H groups in total. The van der Waals surface area contributed by atoms with Crippen molar-refractivity contribution in [1.82, 2.24) is 5.32 Å². The first-order chi connectivity index (χ1) is 14.0. The number of hydrogen-bond donors (Lipinski definition) is 1. The van der Waals surface area contributed by atoms with E-state index in [1.807, 2.05) is 43.3 Å². The van der Waals surface area contributed by atoms with E-state index in [-0.39, 0.29) is 18.2 Å². The smallest absolute Gasteiger partial charge is 0.180 e. The quantitative estimate of drug-likeness (QED) is 0.372. The lowest BCUT2D eigenvalue weighted by molar-refractivity contribution is 0.269. The van der Waals surface area contributed by atoms with E-state index in [1.54, 1.807) is 12.1 Å². The van der Waals surface area contributed by atoms with E-state index in [1.165, 1.54) is 12.1 Å². The van der Waals surface area contributed by atoms with Gasteiger partial charge in [-0.3, -0.25) is 0 Å². The molecule has 3 rings (SSSR count). The average Bonchev–Trinajstić information content (AvgIpc) is 2.70. The summed E-state index contributed by atoms with van der Waals surface area (Å²) in [4.78, 5) is 0. The molecule has 3 aromatic carbocycles. The van der Waals surface area contributed by atoms with Crippen molar-refractivity contribution in [3.05, 3.63) is 93.2 Å². The van der Waals surface area contributed by atoms with Gasteiger partial charge in [-0.1, -0.05) is 47.5 Å². The Labute approximate surface area is 192 Å². The van der Waals surface area contributed by atoms with E-state index < -0.39 is 0 Å². The zero-order valence-corrected chi connectivity index (χ0v) is 18.8. The van der Waals surface area contributed by atoms with E-state index in [9.17, 15) is 4.39 Å². The molecule has 0 spiro atoms. The summed E-state index contributed by atoms with van der Waals surface area (Å²) in [5, 5.41) is 4.50. The van der Waals surface area contributed by atoms with Gasteiger partial charge in [0.15, 0.2) is 11.5 Å². The van der Waals surface area contributed by atoms with Crippen LogP contribution in [0.2, 0.25) is 10.0 Å². The number of halogens is 4. The zero-order chi connectivity index (χ0) is 20.6. The molecule has 0 atom stereocenters. The molecule has 0 aliphatic heterocycles. The summed E-state index contributed by atoms with van der Waals surface area (Å²) < 4.78 is 24.7. The maximum Gasteiger partial charge on any atom is 0.180 e. The Morgan fingerprint density at radius 1 is 0.833 bits per heavy atom. The second kappa shape index (κ2) is 12.0. The van der Waals surface area contributed by atoms with Gasteiger partial charge in [-0.05, 0) is 60.0 Å². The third kappa shape index (κ3) is 7.06. The Kier molecular flexibility index (Phi) is 9.73. The Morgan fingerprint density at radius 3 is 2.13 bits per heavy atom. The summed E-state index contributed by atoms with van der Waals surface area (Å²) >= 11 is 12.4. The van der Waals surface area contributed by atoms with E-state index >= 15 is 0 Å². The molecule has 0 amide bonds. The molecule has 0 heterocycles. The minimum Gasteiger partial charge on any atom is -0.490 e. The molecular weight excluding hydrogens is 448 g/mol. The van der Waals surface area contributed by atoms with Gasteiger partial charge in [0.1, 0.15) is 12.4 Å². The molecule has 0 radical (unpaired) electrons. The normalized spacial score (nSPS) is 10.4. The zero-order valence-electron chi connectivity index (χ0n) is 16.5. The van der Waals surface area contributed by atoms with Crippen LogP contribution in [-0.2, 0) is 19.7 Å². The van der Waals surface area contributed by atoms with Gasteiger partial charge in [0.25, 0.3) is 0 Å². The van der Waals surface area contributed by atoms with Crippen molar-refractivity contribution in [2.45, 2.75) is 26.6 Å². The number of hydrogen-bond acceptors (Lipinski definition) is 3. The standard InChI is InChI=1S/C23H22Cl2FNO2.ClH/c1-2-28-22-12-18(14-27-13-16-5-9-20(26)10-6-16)11-21(25)23(22)29-15-17-3-7-19(24)8-4-17;/h3-12,27H,2,13-15H2,1H3;1H. The highest BCUT2D eigenvalue weighted by atomic mass is 35.5. The fourth-order valence-corrected chi connectivity index (χ4v) is 3.23. The first-order valence-corrected chi connectivity index (χ1v) is 10.1. The van der Waals surface area contributed by atoms with Crippen LogP contribution in [0.1, 0.15) is 23.6 Å². The summed E-state index contributed by atoms with van der Waals surface area (Å²) in [6.45, 7) is 3.99. The van der Waals surface area contributed by atoms with Gasteiger partial charge in [-0.2, -0.15) is 0 Å². The molecule has 0 fully saturated rings. The molecule has 0 unspecified atom stereocenters. The fraction of sp³-hybridized carbons (Fsp3) is 0.217. The Balaban J connectivity index is 0.00000320. The van der Waals surface area contributed by atoms with Gasteiger partial charge in [0, 0.05) is 18.1 Å². The monoisotopic (exact) mass is 469 g/mol. The van der Waals surface area contributed by atoms with Crippen LogP contribution < -0.4 is 14.8 Å². The first-order valence-electron chi connectivity index (χ1n) is 9.32. The van der Waals surface area contributed by atoms with Gasteiger partial charge >= 0.3 is 0 Å². The van der Waals surface area contributed by atoms with Crippen molar-refractivity contribution in [1.29, 1.82) is 0 Å². The number of benzene rings is 3. The van der Waals surface area contributed by atoms with Crippen LogP contribution in [0.3, 0.4) is 0 Å². The largest absolute Gasteiger partial charge is 0.490 e. The Morgan fingerprint density at radius 2 is 1.47 bits per heavy atom. The molecule has 7 heteroatoms. The molecule has 0 aliphatic rings. The van der Waals surface area contributed by atoms with Gasteiger partial charge in [-0.15, -0.1) is 12.4 Å². The van der Waals surface area contributed by atoms with Crippen molar-refractivity contribution >= 4 is 35.6 Å². The predicted octanol–water partition coefficient (Wildman–Crippen LogP) is 6.82. The molecule has 0 aliphatic carbocycles. The topological polar surface area (TPSA) is 30.5 Å². The third-order valence-corrected chi connectivity index (χ3v) is 4.77. The minimum absolute atomic E-state index is 0. The summed E-state index contributed by atoms with van der Waals surface area (Å²) in [7, 11) is 0. The molecule has 3 nitrogen and oxygen atoms in total. The van der Waals surface area contributed by atoms with Crippen LogP contribution in [0.25, 0.3) is 0 Å². The maximum absolute atomic E-state index is 13.0. The summed E-state index contributed by atoms with van der Waals surface area (Å²) in [6, 6.07) is 17.7. The molecule has 0 aromatic heterocycles. The van der Waals surface area contributed by atoms with Gasteiger partial charge in [0.2, 0.25) is 0 Å². The van der Waals surface area contributed by atoms with Crippen LogP contribution in [-0.4, -0.2) is 6.61 Å². The van der Waals surface area contributed by atoms with Crippen LogP contribution in [0.15, 0.2) is 60.7 Å². The van der Waals surface area contributed by atoms with Gasteiger partial charge in [-0.25, -0.2) is 4.39 Å². The van der Waals surface area contributed by atoms with E-state index in [0.717, 1.165) is 16.7 Å². The van der Waals surface area contributed by atoms with Crippen molar-refractivity contribution in [2.75, 3.05) is 6.61 Å². The predicted molar refractivity (Wildman–Crippen MR) is 123 cm³/mol. The van der Waals surface area contributed by atoms with Gasteiger partial charge < -0.3 is 14.8 Å². The van der Waals surface area contributed by atoms with Crippen molar-refractivity contribution in [3.8, 4) is 11.5 Å². The van der Waals surface area contributed by atoms with E-state index in [2.05, 4.69) is 5.32 Å². The lowest BCUT2D eigenvalue weighted by Gasteiger charge is -2.16. The third-order valence-electron chi connectivity index (χ3n) is 4.24. The molecule has 30 heavy (non-hydrogen) atoms. The highest BCUT2D eigenvalue weighted by Crippen LogP contribution is 2.37. The summed E-state index contributed by atoms with van der Waals surface area (Å²) in [5.41, 5.74) is 2.96. The molecule has 0 bridgehead atoms. The van der Waals surface area contributed by atoms with Crippen LogP contribution in [0.4, 0.5) is 4.39 Å². The highest BCUT2D eigenvalue weighted by Gasteiger charge is 2.13. The van der Waals surface area contributed by atoms with Crippen molar-refractivity contribution in [3.63, 3.8) is 0 Å². The molecule has 0 saturated carbocycles. The molecule has 160 valence electrons. The minimum atomic E-state index is -0.240. The van der Waals surface area contributed by atoms with E-state index in [0.29, 0.717) is 47.8 Å². The second-order valence-corrected chi connectivity index (χ2v) is 7.33. The Hall–Kier alpha value is -1.98. The molecule has 0 saturated heterocycles. The van der Waals surface area contributed by atoms with Crippen molar-refractivity contribution < 1.29 is 13.9 Å². The summed E-state index contributed by atoms with van der Waals surface area (Å²) in [5.74, 6) is 0.884. The fourth-order valence-electron chi connectivity index (χ4n) is 2.82. The molecular formula is C23H23Cl3FNO2. The average molecular weight is 471 g/mol. The van der Waals surface area contributed by atoms with Crippen molar-refractivity contribution in [2.24, 2.45) is 0 Å². The van der Waals surface area contributed by atoms with Crippen LogP contribution in [0, 0.1) is 5.82 Å². The highest BCUT2D eigenvalue weighted by molar-refractivity contribution is 6.32. The number of rotatable bonds is 9. The molecule has 3 aromatic rings. The maximum atomic E-state index is 13.0. The summed E-state index contributed by atoms with van der Waals surface area (Å²) in [6.07, 6.45) is 0. The second-order valence-electron chi connectivity index (χ2n) is 6.48. The SMILES string of the molecule is CCOc1cc(CNCc2ccc(F)cc2)cc(Cl)c1OCc1ccc(Cl)cc1.Cl. The van der Waals surface area contributed by atoms with E-state index in [4.69, 9.17) is 32.7 Å². The van der Waals surface area contributed by atoms with Crippen LogP contribution >= 0.6 is 35.6 Å². The number of nitrogens with one attached hydrogen (secondary N) is 1. The Bertz CT molecular complexity index is 934. The lowest BCUT2D eigenvalue weighted by atomic mass is 10.1. The lowest BCUT2D eigenvalue weighted by Crippen LogP contribution is -2.13. The van der Waals surface area contributed by atoms with Crippen LogP contribution in [0.5, 0.6) is 11.5 Å². The van der Waals surface area contributed by atoms with Gasteiger partial charge in [0.05, 0.1) is 11.6 Å². The number of ether oxygens (including phenoxy) is 2. The first kappa shape index (κ1) is 24.3.